The molecule has 21 heavy (non-hydrogen) atoms. The summed E-state index contributed by atoms with van der Waals surface area (Å²) in [5, 5.41) is 20.5. The Hall–Kier alpha value is -1.88. The van der Waals surface area contributed by atoms with E-state index >= 15 is 0 Å². The Morgan fingerprint density at radius 3 is 2.24 bits per heavy atom. The molecule has 0 aliphatic rings. The summed E-state index contributed by atoms with van der Waals surface area (Å²) in [4.78, 5) is 22.7. The molecule has 0 heterocycles. The van der Waals surface area contributed by atoms with Gasteiger partial charge in [-0.3, -0.25) is 4.79 Å². The van der Waals surface area contributed by atoms with Gasteiger partial charge in [0.1, 0.15) is 0 Å². The number of nitrogens with one attached hydrogen (secondary N) is 1. The number of hydrogen-bond donors (Lipinski definition) is 3. The maximum Gasteiger partial charge on any atom is 0.328 e. The van der Waals surface area contributed by atoms with Crippen LogP contribution in [0.1, 0.15) is 37.8 Å². The Morgan fingerprint density at radius 1 is 1.19 bits per heavy atom. The number of hydrogen-bond acceptors (Lipinski definition) is 3. The lowest BCUT2D eigenvalue weighted by Crippen LogP contribution is -2.48. The minimum absolute atomic E-state index is 0.102. The highest BCUT2D eigenvalue weighted by molar-refractivity contribution is 5.85. The van der Waals surface area contributed by atoms with Crippen LogP contribution in [0.3, 0.4) is 0 Å². The molecule has 1 aromatic carbocycles. The fraction of sp³-hybridized carbons (Fsp3) is 0.500. The van der Waals surface area contributed by atoms with E-state index in [0.29, 0.717) is 0 Å². The molecule has 0 radical (unpaired) electrons. The molecule has 1 aromatic rings. The first kappa shape index (κ1) is 17.2. The number of aliphatic hydroxyl groups is 1. The van der Waals surface area contributed by atoms with Gasteiger partial charge in [0.2, 0.25) is 5.91 Å². The normalized spacial score (nSPS) is 13.5. The van der Waals surface area contributed by atoms with Crippen molar-refractivity contribution >= 4 is 11.9 Å². The van der Waals surface area contributed by atoms with Crippen molar-refractivity contribution in [2.75, 3.05) is 0 Å². The van der Waals surface area contributed by atoms with E-state index in [1.807, 2.05) is 24.3 Å². The van der Waals surface area contributed by atoms with E-state index in [-0.39, 0.29) is 6.42 Å². The predicted octanol–water partition coefficient (Wildman–Crippen LogP) is 1.52. The molecular formula is C16H23NO4. The SMILES string of the molecule is CCCCc1ccc(CC(=O)N[C@H](C(=O)O)[C@@H](C)O)cc1. The van der Waals surface area contributed by atoms with Gasteiger partial charge < -0.3 is 15.5 Å². The molecule has 0 spiro atoms. The van der Waals surface area contributed by atoms with Gasteiger partial charge in [0, 0.05) is 0 Å². The monoisotopic (exact) mass is 293 g/mol. The van der Waals surface area contributed by atoms with Gasteiger partial charge in [0.15, 0.2) is 6.04 Å². The van der Waals surface area contributed by atoms with Crippen LogP contribution in [-0.2, 0) is 22.4 Å². The molecule has 116 valence electrons. The van der Waals surface area contributed by atoms with Crippen molar-refractivity contribution in [3.8, 4) is 0 Å². The zero-order valence-corrected chi connectivity index (χ0v) is 12.5. The van der Waals surface area contributed by atoms with Crippen LogP contribution in [0.15, 0.2) is 24.3 Å². The Morgan fingerprint density at radius 2 is 1.76 bits per heavy atom. The van der Waals surface area contributed by atoms with Gasteiger partial charge in [-0.25, -0.2) is 4.79 Å². The molecule has 0 aliphatic carbocycles. The van der Waals surface area contributed by atoms with E-state index in [9.17, 15) is 14.7 Å². The first-order chi connectivity index (χ1) is 9.93. The maximum absolute atomic E-state index is 11.8. The van der Waals surface area contributed by atoms with Gasteiger partial charge in [-0.15, -0.1) is 0 Å². The minimum Gasteiger partial charge on any atom is -0.480 e. The number of rotatable bonds is 8. The number of aliphatic carboxylic acids is 1. The first-order valence-corrected chi connectivity index (χ1v) is 7.22. The number of carboxylic acid groups (broad SMARTS) is 1. The van der Waals surface area contributed by atoms with Gasteiger partial charge in [-0.2, -0.15) is 0 Å². The molecule has 0 fully saturated rings. The summed E-state index contributed by atoms with van der Waals surface area (Å²) in [7, 11) is 0. The predicted molar refractivity (Wildman–Crippen MR) is 80.0 cm³/mol. The Balaban J connectivity index is 2.56. The van der Waals surface area contributed by atoms with E-state index in [0.717, 1.165) is 24.8 Å². The first-order valence-electron chi connectivity index (χ1n) is 7.22. The van der Waals surface area contributed by atoms with Crippen molar-refractivity contribution in [3.63, 3.8) is 0 Å². The van der Waals surface area contributed by atoms with Crippen LogP contribution < -0.4 is 5.32 Å². The third kappa shape index (κ3) is 5.95. The summed E-state index contributed by atoms with van der Waals surface area (Å²) in [6.07, 6.45) is 2.26. The molecule has 0 aliphatic heterocycles. The molecule has 5 heteroatoms. The highest BCUT2D eigenvalue weighted by Crippen LogP contribution is 2.08. The molecule has 3 N–H and O–H groups in total. The lowest BCUT2D eigenvalue weighted by Gasteiger charge is -2.17. The molecule has 2 atom stereocenters. The van der Waals surface area contributed by atoms with Crippen molar-refractivity contribution in [1.29, 1.82) is 0 Å². The summed E-state index contributed by atoms with van der Waals surface area (Å²) in [5.41, 5.74) is 2.05. The molecule has 1 amide bonds. The van der Waals surface area contributed by atoms with Gasteiger partial charge in [0.25, 0.3) is 0 Å². The average molecular weight is 293 g/mol. The van der Waals surface area contributed by atoms with Crippen LogP contribution in [0.5, 0.6) is 0 Å². The number of carbonyl (C=O) groups is 2. The molecule has 0 saturated carbocycles. The van der Waals surface area contributed by atoms with E-state index in [1.165, 1.54) is 12.5 Å². The highest BCUT2D eigenvalue weighted by Gasteiger charge is 2.24. The number of carboxylic acids is 1. The van der Waals surface area contributed by atoms with Crippen LogP contribution in [0.25, 0.3) is 0 Å². The molecule has 0 aromatic heterocycles. The number of benzene rings is 1. The third-order valence-corrected chi connectivity index (χ3v) is 3.27. The second-order valence-corrected chi connectivity index (χ2v) is 5.22. The van der Waals surface area contributed by atoms with Gasteiger partial charge in [-0.1, -0.05) is 37.6 Å². The second-order valence-electron chi connectivity index (χ2n) is 5.22. The number of carbonyl (C=O) groups excluding carboxylic acids is 1. The van der Waals surface area contributed by atoms with Crippen LogP contribution >= 0.6 is 0 Å². The fourth-order valence-electron chi connectivity index (χ4n) is 2.00. The average Bonchev–Trinajstić information content (AvgIpc) is 2.43. The summed E-state index contributed by atoms with van der Waals surface area (Å²) in [5.74, 6) is -1.65. The Kier molecular flexibility index (Phi) is 6.88. The summed E-state index contributed by atoms with van der Waals surface area (Å²) < 4.78 is 0. The summed E-state index contributed by atoms with van der Waals surface area (Å²) >= 11 is 0. The quantitative estimate of drug-likeness (QED) is 0.678. The maximum atomic E-state index is 11.8. The number of amides is 1. The van der Waals surface area contributed by atoms with Gasteiger partial charge in [-0.05, 0) is 30.9 Å². The van der Waals surface area contributed by atoms with Crippen molar-refractivity contribution in [1.82, 2.24) is 5.32 Å². The molecular weight excluding hydrogens is 270 g/mol. The number of unbranched alkanes of at least 4 members (excludes halogenated alkanes) is 1. The van der Waals surface area contributed by atoms with Crippen molar-refractivity contribution in [3.05, 3.63) is 35.4 Å². The Labute approximate surface area is 125 Å². The molecule has 0 bridgehead atoms. The summed E-state index contributed by atoms with van der Waals surface area (Å²) in [6, 6.07) is 6.45. The summed E-state index contributed by atoms with van der Waals surface area (Å²) in [6.45, 7) is 3.47. The van der Waals surface area contributed by atoms with Gasteiger partial charge >= 0.3 is 5.97 Å². The van der Waals surface area contributed by atoms with Crippen LogP contribution in [0.2, 0.25) is 0 Å². The highest BCUT2D eigenvalue weighted by atomic mass is 16.4. The van der Waals surface area contributed by atoms with Crippen LogP contribution in [0.4, 0.5) is 0 Å². The Bertz CT molecular complexity index is 468. The standard InChI is InChI=1S/C16H23NO4/c1-3-4-5-12-6-8-13(9-7-12)10-14(19)17-15(11(2)18)16(20)21/h6-9,11,15,18H,3-5,10H2,1-2H3,(H,17,19)(H,20,21)/t11-,15+/m1/s1. The smallest absolute Gasteiger partial charge is 0.328 e. The lowest BCUT2D eigenvalue weighted by atomic mass is 10.0. The molecule has 5 nitrogen and oxygen atoms in total. The molecule has 0 unspecified atom stereocenters. The van der Waals surface area contributed by atoms with Crippen molar-refractivity contribution in [2.45, 2.75) is 51.7 Å². The zero-order chi connectivity index (χ0) is 15.8. The number of aryl methyl sites for hydroxylation is 1. The topological polar surface area (TPSA) is 86.6 Å². The van der Waals surface area contributed by atoms with E-state index in [1.54, 1.807) is 0 Å². The minimum atomic E-state index is -1.28. The van der Waals surface area contributed by atoms with Gasteiger partial charge in [0.05, 0.1) is 12.5 Å². The van der Waals surface area contributed by atoms with Crippen molar-refractivity contribution in [2.24, 2.45) is 0 Å². The van der Waals surface area contributed by atoms with Crippen molar-refractivity contribution < 1.29 is 19.8 Å². The second kappa shape index (κ2) is 8.42. The van der Waals surface area contributed by atoms with Crippen LogP contribution in [0, 0.1) is 0 Å². The van der Waals surface area contributed by atoms with E-state index < -0.39 is 24.0 Å². The zero-order valence-electron chi connectivity index (χ0n) is 12.5. The number of aliphatic hydroxyl groups excluding tert-OH is 1. The van der Waals surface area contributed by atoms with Crippen LogP contribution in [-0.4, -0.2) is 34.2 Å². The molecule has 1 rings (SSSR count). The lowest BCUT2D eigenvalue weighted by molar-refractivity contribution is -0.144. The largest absolute Gasteiger partial charge is 0.480 e. The van der Waals surface area contributed by atoms with E-state index in [4.69, 9.17) is 5.11 Å². The third-order valence-electron chi connectivity index (χ3n) is 3.27. The fourth-order valence-corrected chi connectivity index (χ4v) is 2.00. The van der Waals surface area contributed by atoms with E-state index in [2.05, 4.69) is 12.2 Å². The molecule has 0 saturated heterocycles.